The molecule has 0 aromatic carbocycles. The summed E-state index contributed by atoms with van der Waals surface area (Å²) in [5.74, 6) is 2.95. The highest BCUT2D eigenvalue weighted by Crippen LogP contribution is 2.24. The van der Waals surface area contributed by atoms with Gasteiger partial charge in [0.2, 0.25) is 0 Å². The zero-order valence-electron chi connectivity index (χ0n) is 15.1. The molecule has 0 radical (unpaired) electrons. The van der Waals surface area contributed by atoms with Crippen LogP contribution >= 0.6 is 23.1 Å². The number of aliphatic imine (C=N–C) groups is 1. The molecule has 2 heterocycles. The number of aromatic nitrogens is 1. The molecule has 1 aliphatic heterocycles. The summed E-state index contributed by atoms with van der Waals surface area (Å²) in [5, 5.41) is 5.46. The molecule has 1 atom stereocenters. The van der Waals surface area contributed by atoms with Crippen LogP contribution in [0.5, 0.6) is 0 Å². The number of aryl methyl sites for hydroxylation is 2. The fourth-order valence-corrected chi connectivity index (χ4v) is 5.13. The molecule has 6 heteroatoms. The van der Waals surface area contributed by atoms with Gasteiger partial charge in [-0.3, -0.25) is 4.99 Å². The van der Waals surface area contributed by atoms with E-state index in [9.17, 15) is 0 Å². The van der Waals surface area contributed by atoms with Crippen LogP contribution in [0.25, 0.3) is 0 Å². The third-order valence-corrected chi connectivity index (χ3v) is 6.85. The number of thiazole rings is 1. The van der Waals surface area contributed by atoms with Crippen molar-refractivity contribution in [3.05, 3.63) is 15.6 Å². The van der Waals surface area contributed by atoms with E-state index < -0.39 is 0 Å². The first-order chi connectivity index (χ1) is 11.0. The van der Waals surface area contributed by atoms with E-state index in [1.165, 1.54) is 21.3 Å². The van der Waals surface area contributed by atoms with Crippen LogP contribution in [-0.4, -0.2) is 53.5 Å². The van der Waals surface area contributed by atoms with E-state index in [0.717, 1.165) is 38.4 Å². The largest absolute Gasteiger partial charge is 0.356 e. The van der Waals surface area contributed by atoms with Crippen molar-refractivity contribution >= 4 is 29.1 Å². The Morgan fingerprint density at radius 3 is 2.87 bits per heavy atom. The van der Waals surface area contributed by atoms with Gasteiger partial charge in [-0.15, -0.1) is 11.3 Å². The summed E-state index contributed by atoms with van der Waals surface area (Å²) in [6.07, 6.45) is 2.00. The molecular formula is C17H30N4S2. The predicted octanol–water partition coefficient (Wildman–Crippen LogP) is 3.21. The molecular weight excluding hydrogens is 324 g/mol. The number of nitrogens with one attached hydrogen (secondary N) is 1. The first-order valence-corrected chi connectivity index (χ1v) is 10.4. The second-order valence-electron chi connectivity index (χ2n) is 6.29. The molecule has 0 spiro atoms. The van der Waals surface area contributed by atoms with Crippen molar-refractivity contribution in [2.45, 2.75) is 45.8 Å². The highest BCUT2D eigenvalue weighted by Gasteiger charge is 2.24. The average Bonchev–Trinajstić information content (AvgIpc) is 2.91. The Balaban J connectivity index is 1.85. The Bertz CT molecular complexity index is 525. The standard InChI is InChI=1S/C17H30N4S2/c1-6-14-13(4)23-16(20-14)7-8-19-17(18-5)21-9-10-22-15(11-21)12(2)3/h12,15H,6-11H2,1-5H3,(H,18,19). The summed E-state index contributed by atoms with van der Waals surface area (Å²) in [6, 6.07) is 0. The van der Waals surface area contributed by atoms with Gasteiger partial charge in [0.25, 0.3) is 0 Å². The number of thioether (sulfide) groups is 1. The highest BCUT2D eigenvalue weighted by molar-refractivity contribution is 8.00. The van der Waals surface area contributed by atoms with Crippen LogP contribution in [0.2, 0.25) is 0 Å². The summed E-state index contributed by atoms with van der Waals surface area (Å²) in [5.41, 5.74) is 1.25. The Labute approximate surface area is 149 Å². The van der Waals surface area contributed by atoms with Crippen LogP contribution in [-0.2, 0) is 12.8 Å². The molecule has 0 saturated carbocycles. The third-order valence-electron chi connectivity index (χ3n) is 4.24. The molecule has 130 valence electrons. The topological polar surface area (TPSA) is 40.5 Å². The van der Waals surface area contributed by atoms with E-state index in [2.05, 4.69) is 54.7 Å². The molecule has 1 fully saturated rings. The third kappa shape index (κ3) is 5.11. The molecule has 4 nitrogen and oxygen atoms in total. The number of hydrogen-bond donors (Lipinski definition) is 1. The first-order valence-electron chi connectivity index (χ1n) is 8.57. The second kappa shape index (κ2) is 8.92. The molecule has 23 heavy (non-hydrogen) atoms. The molecule has 1 saturated heterocycles. The second-order valence-corrected chi connectivity index (χ2v) is 8.92. The molecule has 1 aromatic heterocycles. The number of rotatable bonds is 5. The van der Waals surface area contributed by atoms with Crippen LogP contribution in [0.3, 0.4) is 0 Å². The van der Waals surface area contributed by atoms with E-state index in [4.69, 9.17) is 4.98 Å². The molecule has 2 rings (SSSR count). The SMILES string of the molecule is CCc1nc(CCNC(=NC)N2CCSC(C(C)C)C2)sc1C. The van der Waals surface area contributed by atoms with Gasteiger partial charge in [0.1, 0.15) is 0 Å². The molecule has 0 bridgehead atoms. The number of guanidine groups is 1. The molecule has 1 aliphatic rings. The quantitative estimate of drug-likeness (QED) is 0.651. The molecule has 1 aromatic rings. The van der Waals surface area contributed by atoms with E-state index in [1.807, 2.05) is 18.4 Å². The molecule has 0 amide bonds. The van der Waals surface area contributed by atoms with Gasteiger partial charge in [-0.2, -0.15) is 11.8 Å². The lowest BCUT2D eigenvalue weighted by molar-refractivity contribution is 0.381. The Hall–Kier alpha value is -0.750. The minimum Gasteiger partial charge on any atom is -0.356 e. The van der Waals surface area contributed by atoms with Gasteiger partial charge >= 0.3 is 0 Å². The van der Waals surface area contributed by atoms with Crippen LogP contribution in [0.4, 0.5) is 0 Å². The van der Waals surface area contributed by atoms with Gasteiger partial charge in [-0.25, -0.2) is 4.98 Å². The normalized spacial score (nSPS) is 19.5. The Morgan fingerprint density at radius 1 is 1.48 bits per heavy atom. The van der Waals surface area contributed by atoms with Crippen LogP contribution in [0.1, 0.15) is 36.3 Å². The minimum atomic E-state index is 0.705. The maximum Gasteiger partial charge on any atom is 0.193 e. The lowest BCUT2D eigenvalue weighted by atomic mass is 10.1. The fraction of sp³-hybridized carbons (Fsp3) is 0.765. The predicted molar refractivity (Wildman–Crippen MR) is 104 cm³/mol. The van der Waals surface area contributed by atoms with Crippen molar-refractivity contribution in [2.75, 3.05) is 32.4 Å². The number of hydrogen-bond acceptors (Lipinski definition) is 4. The van der Waals surface area contributed by atoms with E-state index >= 15 is 0 Å². The molecule has 1 N–H and O–H groups in total. The van der Waals surface area contributed by atoms with E-state index in [-0.39, 0.29) is 0 Å². The van der Waals surface area contributed by atoms with Crippen molar-refractivity contribution in [2.24, 2.45) is 10.9 Å². The lowest BCUT2D eigenvalue weighted by Crippen LogP contribution is -2.49. The minimum absolute atomic E-state index is 0.705. The summed E-state index contributed by atoms with van der Waals surface area (Å²) in [7, 11) is 1.89. The maximum atomic E-state index is 4.72. The van der Waals surface area contributed by atoms with E-state index in [0.29, 0.717) is 11.2 Å². The monoisotopic (exact) mass is 354 g/mol. The zero-order valence-corrected chi connectivity index (χ0v) is 16.7. The van der Waals surface area contributed by atoms with Crippen molar-refractivity contribution < 1.29 is 0 Å². The van der Waals surface area contributed by atoms with Gasteiger partial charge in [0.05, 0.1) is 10.7 Å². The summed E-state index contributed by atoms with van der Waals surface area (Å²) in [4.78, 5) is 13.0. The van der Waals surface area contributed by atoms with Crippen LogP contribution < -0.4 is 5.32 Å². The van der Waals surface area contributed by atoms with Crippen molar-refractivity contribution in [1.82, 2.24) is 15.2 Å². The number of nitrogens with zero attached hydrogens (tertiary/aromatic N) is 3. The zero-order chi connectivity index (χ0) is 16.8. The van der Waals surface area contributed by atoms with Gasteiger partial charge in [-0.1, -0.05) is 20.8 Å². The van der Waals surface area contributed by atoms with Gasteiger partial charge < -0.3 is 10.2 Å². The summed E-state index contributed by atoms with van der Waals surface area (Å²) >= 11 is 3.93. The van der Waals surface area contributed by atoms with Crippen molar-refractivity contribution in [3.63, 3.8) is 0 Å². The maximum absolute atomic E-state index is 4.72. The van der Waals surface area contributed by atoms with E-state index in [1.54, 1.807) is 0 Å². The smallest absolute Gasteiger partial charge is 0.193 e. The van der Waals surface area contributed by atoms with Crippen LogP contribution in [0, 0.1) is 12.8 Å². The van der Waals surface area contributed by atoms with Gasteiger partial charge in [-0.05, 0) is 19.3 Å². The van der Waals surface area contributed by atoms with Gasteiger partial charge in [0.15, 0.2) is 5.96 Å². The summed E-state index contributed by atoms with van der Waals surface area (Å²) in [6.45, 7) is 12.1. The first kappa shape index (κ1) is 18.6. The van der Waals surface area contributed by atoms with Crippen LogP contribution in [0.15, 0.2) is 4.99 Å². The Kier molecular flexibility index (Phi) is 7.21. The molecule has 0 aliphatic carbocycles. The van der Waals surface area contributed by atoms with Crippen molar-refractivity contribution in [3.8, 4) is 0 Å². The average molecular weight is 355 g/mol. The highest BCUT2D eigenvalue weighted by atomic mass is 32.2. The summed E-state index contributed by atoms with van der Waals surface area (Å²) < 4.78 is 0. The van der Waals surface area contributed by atoms with Crippen molar-refractivity contribution in [1.29, 1.82) is 0 Å². The Morgan fingerprint density at radius 2 is 2.26 bits per heavy atom. The van der Waals surface area contributed by atoms with Gasteiger partial charge in [0, 0.05) is 49.0 Å². The molecule has 1 unspecified atom stereocenters. The lowest BCUT2D eigenvalue weighted by Gasteiger charge is -2.36. The fourth-order valence-electron chi connectivity index (χ4n) is 2.81.